The largest absolute Gasteiger partial charge is 0.299 e. The van der Waals surface area contributed by atoms with Crippen LogP contribution in [0.25, 0.3) is 0 Å². The van der Waals surface area contributed by atoms with Crippen molar-refractivity contribution in [3.8, 4) is 0 Å². The number of benzene rings is 2. The summed E-state index contributed by atoms with van der Waals surface area (Å²) < 4.78 is 0. The lowest BCUT2D eigenvalue weighted by Crippen LogP contribution is -2.35. The lowest BCUT2D eigenvalue weighted by Gasteiger charge is -2.34. The molecule has 2 saturated heterocycles. The smallest absolute Gasteiger partial charge is 0.0233 e. The van der Waals surface area contributed by atoms with Crippen LogP contribution in [0.5, 0.6) is 0 Å². The summed E-state index contributed by atoms with van der Waals surface area (Å²) in [6.45, 7) is 12.0. The van der Waals surface area contributed by atoms with Gasteiger partial charge in [0.2, 0.25) is 0 Å². The van der Waals surface area contributed by atoms with Crippen molar-refractivity contribution in [3.63, 3.8) is 0 Å². The van der Waals surface area contributed by atoms with Crippen LogP contribution < -0.4 is 0 Å². The molecule has 2 aromatic rings. The van der Waals surface area contributed by atoms with E-state index in [2.05, 4.69) is 72.2 Å². The molecule has 0 N–H and O–H groups in total. The predicted octanol–water partition coefficient (Wildman–Crippen LogP) is 6.57. The highest BCUT2D eigenvalue weighted by atomic mass is 15.1. The zero-order valence-corrected chi connectivity index (χ0v) is 21.0. The van der Waals surface area contributed by atoms with E-state index in [1.165, 1.54) is 80.5 Å². The Balaban J connectivity index is 1.02. The normalized spacial score (nSPS) is 25.4. The maximum absolute atomic E-state index is 2.69. The Labute approximate surface area is 202 Å². The fourth-order valence-electron chi connectivity index (χ4n) is 6.68. The van der Waals surface area contributed by atoms with Crippen molar-refractivity contribution in [2.24, 2.45) is 23.7 Å². The minimum absolute atomic E-state index is 1.00. The molecule has 2 heterocycles. The van der Waals surface area contributed by atoms with Gasteiger partial charge in [-0.25, -0.2) is 0 Å². The van der Waals surface area contributed by atoms with E-state index in [9.17, 15) is 0 Å². The van der Waals surface area contributed by atoms with Crippen molar-refractivity contribution >= 4 is 0 Å². The first kappa shape index (κ1) is 23.1. The van der Waals surface area contributed by atoms with Crippen molar-refractivity contribution in [2.75, 3.05) is 26.2 Å². The zero-order valence-electron chi connectivity index (χ0n) is 21.0. The molecular weight excluding hydrogens is 400 g/mol. The third-order valence-electron chi connectivity index (χ3n) is 9.04. The van der Waals surface area contributed by atoms with Crippen LogP contribution >= 0.6 is 0 Å². The first-order valence-electron chi connectivity index (χ1n) is 13.8. The average molecular weight is 445 g/mol. The van der Waals surface area contributed by atoms with E-state index >= 15 is 0 Å². The fraction of sp³-hybridized carbons (Fsp3) is 0.613. The Morgan fingerprint density at radius 1 is 0.545 bits per heavy atom. The summed E-state index contributed by atoms with van der Waals surface area (Å²) in [4.78, 5) is 5.39. The highest BCUT2D eigenvalue weighted by Gasteiger charge is 2.47. The van der Waals surface area contributed by atoms with E-state index in [0.717, 1.165) is 49.6 Å². The molecule has 1 aliphatic carbocycles. The molecule has 2 nitrogen and oxygen atoms in total. The van der Waals surface area contributed by atoms with Gasteiger partial charge in [0.15, 0.2) is 0 Å². The van der Waals surface area contributed by atoms with Gasteiger partial charge in [0.1, 0.15) is 0 Å². The molecule has 0 aromatic heterocycles. The standard InChI is InChI=1S/C31H44N2/c1-3-24-5-9-26(10-6-24)22-32-17-13-28(14-18-32)30-21-31(30)29-15-19-33(20-16-29)23-27-11-7-25(4-2)8-12-27/h5-12,28-31H,3-4,13-23H2,1-2H3. The molecule has 3 fully saturated rings. The molecule has 178 valence electrons. The Morgan fingerprint density at radius 2 is 0.879 bits per heavy atom. The summed E-state index contributed by atoms with van der Waals surface area (Å²) >= 11 is 0. The summed E-state index contributed by atoms with van der Waals surface area (Å²) in [6.07, 6.45) is 9.54. The quantitative estimate of drug-likeness (QED) is 0.454. The van der Waals surface area contributed by atoms with Gasteiger partial charge in [-0.2, -0.15) is 0 Å². The van der Waals surface area contributed by atoms with Crippen LogP contribution in [0.2, 0.25) is 0 Å². The summed E-state index contributed by atoms with van der Waals surface area (Å²) in [5.41, 5.74) is 5.88. The number of rotatable bonds is 8. The fourth-order valence-corrected chi connectivity index (χ4v) is 6.68. The van der Waals surface area contributed by atoms with Crippen LogP contribution in [0, 0.1) is 23.7 Å². The van der Waals surface area contributed by atoms with E-state index in [1.807, 2.05) is 0 Å². The van der Waals surface area contributed by atoms with Gasteiger partial charge >= 0.3 is 0 Å². The van der Waals surface area contributed by atoms with Crippen molar-refractivity contribution in [1.82, 2.24) is 9.80 Å². The molecule has 1 saturated carbocycles. The number of piperidine rings is 2. The lowest BCUT2D eigenvalue weighted by atomic mass is 9.85. The summed E-state index contributed by atoms with van der Waals surface area (Å²) in [5.74, 6) is 4.11. The molecule has 2 heteroatoms. The van der Waals surface area contributed by atoms with Gasteiger partial charge < -0.3 is 0 Å². The average Bonchev–Trinajstić information content (AvgIpc) is 3.67. The molecule has 0 spiro atoms. The summed E-state index contributed by atoms with van der Waals surface area (Å²) in [6, 6.07) is 18.6. The molecule has 33 heavy (non-hydrogen) atoms. The predicted molar refractivity (Wildman–Crippen MR) is 139 cm³/mol. The van der Waals surface area contributed by atoms with Crippen LogP contribution in [-0.2, 0) is 25.9 Å². The molecule has 0 radical (unpaired) electrons. The first-order valence-corrected chi connectivity index (χ1v) is 13.8. The van der Waals surface area contributed by atoms with Crippen LogP contribution in [0.15, 0.2) is 48.5 Å². The Hall–Kier alpha value is -1.64. The third kappa shape index (κ3) is 5.89. The van der Waals surface area contributed by atoms with E-state index in [-0.39, 0.29) is 0 Å². The van der Waals surface area contributed by atoms with E-state index in [4.69, 9.17) is 0 Å². The second kappa shape index (κ2) is 10.7. The topological polar surface area (TPSA) is 6.48 Å². The maximum atomic E-state index is 2.69. The highest BCUT2D eigenvalue weighted by molar-refractivity contribution is 5.23. The number of nitrogens with zero attached hydrogens (tertiary/aromatic N) is 2. The van der Waals surface area contributed by atoms with E-state index in [1.54, 1.807) is 0 Å². The second-order valence-electron chi connectivity index (χ2n) is 11.1. The number of aryl methyl sites for hydroxylation is 2. The zero-order chi connectivity index (χ0) is 22.6. The first-order chi connectivity index (χ1) is 16.2. The van der Waals surface area contributed by atoms with Crippen molar-refractivity contribution in [3.05, 3.63) is 70.8 Å². The summed E-state index contributed by atoms with van der Waals surface area (Å²) in [5, 5.41) is 0. The monoisotopic (exact) mass is 444 g/mol. The molecule has 5 rings (SSSR count). The van der Waals surface area contributed by atoms with Gasteiger partial charge in [-0.05, 0) is 117 Å². The van der Waals surface area contributed by atoms with Crippen molar-refractivity contribution < 1.29 is 0 Å². The van der Waals surface area contributed by atoms with Gasteiger partial charge in [0.05, 0.1) is 0 Å². The van der Waals surface area contributed by atoms with E-state index in [0.29, 0.717) is 0 Å². The highest BCUT2D eigenvalue weighted by Crippen LogP contribution is 2.54. The van der Waals surface area contributed by atoms with Gasteiger partial charge in [0, 0.05) is 13.1 Å². The Bertz CT molecular complexity index is 781. The SMILES string of the molecule is CCc1ccc(CN2CCC(C3CC3C3CCN(Cc4ccc(CC)cc4)CC3)CC2)cc1. The summed E-state index contributed by atoms with van der Waals surface area (Å²) in [7, 11) is 0. The van der Waals surface area contributed by atoms with Gasteiger partial charge in [-0.1, -0.05) is 62.4 Å². The Kier molecular flexibility index (Phi) is 7.52. The number of hydrogen-bond acceptors (Lipinski definition) is 2. The molecule has 3 aliphatic rings. The van der Waals surface area contributed by atoms with Gasteiger partial charge in [-0.3, -0.25) is 9.80 Å². The van der Waals surface area contributed by atoms with Crippen molar-refractivity contribution in [2.45, 2.75) is 71.9 Å². The molecule has 2 aliphatic heterocycles. The van der Waals surface area contributed by atoms with Crippen LogP contribution in [0.1, 0.15) is 68.2 Å². The van der Waals surface area contributed by atoms with Crippen LogP contribution in [0.4, 0.5) is 0 Å². The molecular formula is C31H44N2. The molecule has 0 bridgehead atoms. The Morgan fingerprint density at radius 3 is 1.21 bits per heavy atom. The van der Waals surface area contributed by atoms with Crippen LogP contribution in [0.3, 0.4) is 0 Å². The maximum Gasteiger partial charge on any atom is 0.0233 e. The van der Waals surface area contributed by atoms with Gasteiger partial charge in [0.25, 0.3) is 0 Å². The minimum Gasteiger partial charge on any atom is -0.299 e. The molecule has 2 aromatic carbocycles. The second-order valence-corrected chi connectivity index (χ2v) is 11.1. The molecule has 0 amide bonds. The molecule has 2 atom stereocenters. The number of likely N-dealkylation sites (tertiary alicyclic amines) is 2. The lowest BCUT2D eigenvalue weighted by molar-refractivity contribution is 0.140. The number of hydrogen-bond donors (Lipinski definition) is 0. The third-order valence-corrected chi connectivity index (χ3v) is 9.04. The minimum atomic E-state index is 1.00. The van der Waals surface area contributed by atoms with Crippen LogP contribution in [-0.4, -0.2) is 36.0 Å². The van der Waals surface area contributed by atoms with E-state index < -0.39 is 0 Å². The van der Waals surface area contributed by atoms with Crippen molar-refractivity contribution in [1.29, 1.82) is 0 Å². The molecule has 2 unspecified atom stereocenters. The van der Waals surface area contributed by atoms with Gasteiger partial charge in [-0.15, -0.1) is 0 Å².